The zero-order valence-electron chi connectivity index (χ0n) is 21.7. The molecule has 4 N–H and O–H groups in total. The number of aliphatic hydroxyl groups excluding tert-OH is 1. The molecule has 0 aromatic heterocycles. The number of cyclic esters (lactones) is 1. The van der Waals surface area contributed by atoms with Gasteiger partial charge in [-0.15, -0.1) is 0 Å². The smallest absolute Gasteiger partial charge is 0.334 e. The lowest BCUT2D eigenvalue weighted by Crippen LogP contribution is -2.78. The molecule has 8 heteroatoms. The Kier molecular flexibility index (Phi) is 4.87. The van der Waals surface area contributed by atoms with Gasteiger partial charge in [0.05, 0.1) is 22.5 Å². The third kappa shape index (κ3) is 2.44. The van der Waals surface area contributed by atoms with E-state index in [1.807, 2.05) is 20.8 Å². The fraction of sp³-hybridized carbons (Fsp3) is 0.786. The minimum atomic E-state index is -1.82. The summed E-state index contributed by atoms with van der Waals surface area (Å²) in [6, 6.07) is 0. The van der Waals surface area contributed by atoms with Gasteiger partial charge in [-0.05, 0) is 75.9 Å². The molecule has 0 bridgehead atoms. The van der Waals surface area contributed by atoms with Crippen molar-refractivity contribution in [3.8, 4) is 0 Å². The SMILES string of the molecule is CC1=C(C)[C@@H]([C@@H]2O[C@@]3(O)C[C@H]4[C@@H](C[C@@H](O)[C@@]5(O)CC=CC(=O)[C@]45C)[C@@H]4CC[C@@](O)([C@@H]2C)[C@]43C)OC1=O. The Hall–Kier alpha value is -1.58. The van der Waals surface area contributed by atoms with Crippen molar-refractivity contribution >= 4 is 11.8 Å². The molecule has 3 saturated carbocycles. The summed E-state index contributed by atoms with van der Waals surface area (Å²) in [5.74, 6) is -3.82. The summed E-state index contributed by atoms with van der Waals surface area (Å²) in [4.78, 5) is 25.8. The molecule has 0 unspecified atom stereocenters. The lowest BCUT2D eigenvalue weighted by molar-refractivity contribution is -0.419. The third-order valence-electron chi connectivity index (χ3n) is 12.2. The van der Waals surface area contributed by atoms with Crippen LogP contribution in [0.2, 0.25) is 0 Å². The van der Waals surface area contributed by atoms with Crippen LogP contribution in [0.1, 0.15) is 66.7 Å². The number of aliphatic hydroxyl groups is 4. The maximum atomic E-state index is 13.4. The van der Waals surface area contributed by atoms with Crippen LogP contribution < -0.4 is 0 Å². The lowest BCUT2D eigenvalue weighted by Gasteiger charge is -2.69. The number of ketones is 1. The summed E-state index contributed by atoms with van der Waals surface area (Å²) in [7, 11) is 0. The van der Waals surface area contributed by atoms with Gasteiger partial charge in [0.25, 0.3) is 0 Å². The number of ether oxygens (including phenoxy) is 2. The fourth-order valence-corrected chi connectivity index (χ4v) is 9.57. The van der Waals surface area contributed by atoms with E-state index in [1.165, 1.54) is 6.08 Å². The van der Waals surface area contributed by atoms with Crippen molar-refractivity contribution in [1.82, 2.24) is 0 Å². The molecule has 198 valence electrons. The largest absolute Gasteiger partial charge is 0.452 e. The number of hydrogen-bond acceptors (Lipinski definition) is 8. The van der Waals surface area contributed by atoms with Gasteiger partial charge in [0, 0.05) is 17.9 Å². The van der Waals surface area contributed by atoms with E-state index in [9.17, 15) is 30.0 Å². The van der Waals surface area contributed by atoms with Crippen molar-refractivity contribution in [3.05, 3.63) is 23.3 Å². The summed E-state index contributed by atoms with van der Waals surface area (Å²) >= 11 is 0. The third-order valence-corrected chi connectivity index (χ3v) is 12.2. The number of carbonyl (C=O) groups is 2. The molecule has 6 aliphatic rings. The Morgan fingerprint density at radius 2 is 1.75 bits per heavy atom. The Bertz CT molecular complexity index is 1110. The van der Waals surface area contributed by atoms with Gasteiger partial charge in [0.1, 0.15) is 11.7 Å². The van der Waals surface area contributed by atoms with E-state index in [2.05, 4.69) is 0 Å². The molecular formula is C28H38O8. The molecule has 0 aromatic rings. The second-order valence-corrected chi connectivity index (χ2v) is 12.9. The van der Waals surface area contributed by atoms with E-state index in [4.69, 9.17) is 9.47 Å². The molecule has 0 aromatic carbocycles. The number of carbonyl (C=O) groups excluding carboxylic acids is 2. The number of esters is 1. The van der Waals surface area contributed by atoms with Crippen molar-refractivity contribution < 1.29 is 39.5 Å². The average Bonchev–Trinajstić information content (AvgIpc) is 3.25. The molecule has 4 fully saturated rings. The van der Waals surface area contributed by atoms with Crippen molar-refractivity contribution in [2.75, 3.05) is 0 Å². The van der Waals surface area contributed by atoms with Crippen molar-refractivity contribution in [2.24, 2.45) is 34.5 Å². The van der Waals surface area contributed by atoms with Crippen LogP contribution in [-0.4, -0.2) is 67.5 Å². The van der Waals surface area contributed by atoms with Gasteiger partial charge in [-0.2, -0.15) is 0 Å². The van der Waals surface area contributed by atoms with Crippen LogP contribution in [0, 0.1) is 34.5 Å². The zero-order chi connectivity index (χ0) is 26.2. The van der Waals surface area contributed by atoms with E-state index in [-0.39, 0.29) is 30.5 Å². The molecule has 1 saturated heterocycles. The molecule has 0 amide bonds. The molecule has 2 heterocycles. The van der Waals surface area contributed by atoms with Crippen molar-refractivity contribution in [2.45, 2.75) is 102 Å². The molecule has 0 spiro atoms. The van der Waals surface area contributed by atoms with Gasteiger partial charge in [-0.3, -0.25) is 4.79 Å². The van der Waals surface area contributed by atoms with Gasteiger partial charge >= 0.3 is 5.97 Å². The molecule has 6 rings (SSSR count). The average molecular weight is 503 g/mol. The van der Waals surface area contributed by atoms with E-state index in [0.29, 0.717) is 24.8 Å². The molecular weight excluding hydrogens is 464 g/mol. The topological polar surface area (TPSA) is 134 Å². The maximum absolute atomic E-state index is 13.4. The van der Waals surface area contributed by atoms with Crippen LogP contribution >= 0.6 is 0 Å². The Morgan fingerprint density at radius 3 is 2.39 bits per heavy atom. The van der Waals surface area contributed by atoms with Crippen molar-refractivity contribution in [1.29, 1.82) is 0 Å². The molecule has 2 aliphatic heterocycles. The second kappa shape index (κ2) is 7.08. The Labute approximate surface area is 211 Å². The van der Waals surface area contributed by atoms with Gasteiger partial charge in [-0.25, -0.2) is 4.79 Å². The van der Waals surface area contributed by atoms with Crippen LogP contribution in [0.25, 0.3) is 0 Å². The summed E-state index contributed by atoms with van der Waals surface area (Å²) in [5.41, 5.74) is -4.08. The van der Waals surface area contributed by atoms with E-state index >= 15 is 0 Å². The molecule has 12 atom stereocenters. The highest BCUT2D eigenvalue weighted by Gasteiger charge is 2.80. The van der Waals surface area contributed by atoms with Gasteiger partial charge in [0.15, 0.2) is 17.7 Å². The predicted octanol–water partition coefficient (Wildman–Crippen LogP) is 1.79. The highest BCUT2D eigenvalue weighted by Crippen LogP contribution is 2.74. The molecule has 8 nitrogen and oxygen atoms in total. The summed E-state index contributed by atoms with van der Waals surface area (Å²) in [5, 5.41) is 47.6. The number of rotatable bonds is 1. The highest BCUT2D eigenvalue weighted by atomic mass is 16.7. The summed E-state index contributed by atoms with van der Waals surface area (Å²) < 4.78 is 12.2. The summed E-state index contributed by atoms with van der Waals surface area (Å²) in [6.45, 7) is 8.99. The van der Waals surface area contributed by atoms with Gasteiger partial charge in [0.2, 0.25) is 0 Å². The van der Waals surface area contributed by atoms with E-state index in [0.717, 1.165) is 5.57 Å². The quantitative estimate of drug-likeness (QED) is 0.399. The number of fused-ring (bicyclic) bond motifs is 4. The summed E-state index contributed by atoms with van der Waals surface area (Å²) in [6.07, 6.45) is 2.02. The minimum absolute atomic E-state index is 0.0315. The second-order valence-electron chi connectivity index (χ2n) is 12.9. The van der Waals surface area contributed by atoms with Crippen LogP contribution in [0.3, 0.4) is 0 Å². The Balaban J connectivity index is 1.48. The van der Waals surface area contributed by atoms with Crippen LogP contribution in [0.5, 0.6) is 0 Å². The molecule has 0 radical (unpaired) electrons. The minimum Gasteiger partial charge on any atom is -0.452 e. The molecule has 36 heavy (non-hydrogen) atoms. The first-order valence-electron chi connectivity index (χ1n) is 13.3. The van der Waals surface area contributed by atoms with Gasteiger partial charge < -0.3 is 29.9 Å². The van der Waals surface area contributed by atoms with Crippen LogP contribution in [0.4, 0.5) is 0 Å². The first-order chi connectivity index (χ1) is 16.7. The van der Waals surface area contributed by atoms with Crippen molar-refractivity contribution in [3.63, 3.8) is 0 Å². The predicted molar refractivity (Wildman–Crippen MR) is 127 cm³/mol. The van der Waals surface area contributed by atoms with E-state index in [1.54, 1.807) is 19.9 Å². The normalized spacial score (nSPS) is 57.9. The fourth-order valence-electron chi connectivity index (χ4n) is 9.57. The lowest BCUT2D eigenvalue weighted by atomic mass is 9.40. The van der Waals surface area contributed by atoms with Gasteiger partial charge in [-0.1, -0.05) is 19.9 Å². The van der Waals surface area contributed by atoms with Crippen LogP contribution in [0.15, 0.2) is 23.3 Å². The maximum Gasteiger partial charge on any atom is 0.334 e. The Morgan fingerprint density at radius 1 is 1.06 bits per heavy atom. The molecule has 4 aliphatic carbocycles. The van der Waals surface area contributed by atoms with E-state index < -0.39 is 63.9 Å². The first-order valence-corrected chi connectivity index (χ1v) is 13.3. The standard InChI is InChI=1S/C28H38O8/c1-13-14(2)23(31)35-21(13)22-15(3)26(32)10-8-17-16-11-20(30)27(33)9-6-7-19(29)24(27,4)18(16)12-28(34,36-22)25(17,26)5/h6-7,15-18,20-22,30,32-34H,8-12H2,1-5H3/t15-,16+,17+,18+,20-,21+,22-,24+,25+,26-,27+,28+/m1/s1. The highest BCUT2D eigenvalue weighted by molar-refractivity contribution is 5.97. The number of hydrogen-bond donors (Lipinski definition) is 4. The number of allylic oxidation sites excluding steroid dienone is 1. The van der Waals surface area contributed by atoms with Crippen LogP contribution in [-0.2, 0) is 19.1 Å². The zero-order valence-corrected chi connectivity index (χ0v) is 21.7. The monoisotopic (exact) mass is 502 g/mol. The first kappa shape index (κ1) is 24.7.